The number of pyridine rings is 2. The van der Waals surface area contributed by atoms with Crippen LogP contribution in [0.1, 0.15) is 55.4 Å². The highest BCUT2D eigenvalue weighted by atomic mass is 35.5. The topological polar surface area (TPSA) is 63.8 Å². The molecule has 43 heavy (non-hydrogen) atoms. The second kappa shape index (κ2) is 25.3. The van der Waals surface area contributed by atoms with Crippen LogP contribution in [-0.4, -0.2) is 9.97 Å². The Morgan fingerprint density at radius 1 is 0.488 bits per heavy atom. The molecule has 0 spiro atoms. The van der Waals surface area contributed by atoms with Crippen molar-refractivity contribution in [3.05, 3.63) is 139 Å². The Bertz CT molecular complexity index is 1480. The summed E-state index contributed by atoms with van der Waals surface area (Å²) >= 11 is 5.92. The number of rotatable bonds is 2. The maximum atomic E-state index is 5.92. The monoisotopic (exact) mass is 596 g/mol. The summed E-state index contributed by atoms with van der Waals surface area (Å²) in [6.07, 6.45) is 3.54. The standard InChI is InChI=1S/C15H12N2.C9H6ClN.C6H7N.4C2H6/c1-2-6-12(7-3-1)17-15-10-11-16-14-9-5-4-8-13(14)15;10-8-5-6-11-9-4-2-1-3-7(8)9;7-6-4-2-1-3-5-6;4*1-2/h1-11H,(H,16,17);1-6H;1-5H,7H2;4*1-2H3. The fourth-order valence-electron chi connectivity index (χ4n) is 3.40. The molecule has 0 aliphatic carbocycles. The minimum atomic E-state index is 0.760. The van der Waals surface area contributed by atoms with Gasteiger partial charge < -0.3 is 11.1 Å². The van der Waals surface area contributed by atoms with Crippen molar-refractivity contribution < 1.29 is 0 Å². The molecule has 6 aromatic rings. The molecule has 0 amide bonds. The van der Waals surface area contributed by atoms with Gasteiger partial charge in [-0.15, -0.1) is 0 Å². The van der Waals surface area contributed by atoms with Gasteiger partial charge in [-0.1, -0.05) is 140 Å². The van der Waals surface area contributed by atoms with Gasteiger partial charge in [0.1, 0.15) is 0 Å². The second-order valence-corrected chi connectivity index (χ2v) is 7.99. The molecule has 4 nitrogen and oxygen atoms in total. The van der Waals surface area contributed by atoms with Gasteiger partial charge in [-0.2, -0.15) is 0 Å². The average Bonchev–Trinajstić information content (AvgIpc) is 3.10. The summed E-state index contributed by atoms with van der Waals surface area (Å²) in [5, 5.41) is 6.32. The van der Waals surface area contributed by atoms with Crippen molar-refractivity contribution in [2.75, 3.05) is 11.1 Å². The first-order valence-corrected chi connectivity index (χ1v) is 15.5. The average molecular weight is 597 g/mol. The Hall–Kier alpha value is -4.41. The van der Waals surface area contributed by atoms with E-state index < -0.39 is 0 Å². The van der Waals surface area contributed by atoms with Gasteiger partial charge in [0.2, 0.25) is 0 Å². The SMILES string of the molecule is CC.CC.CC.CC.Clc1ccnc2ccccc12.Nc1ccccc1.c1ccc(Nc2ccnc3ccccc23)cc1. The van der Waals surface area contributed by atoms with Gasteiger partial charge in [0.25, 0.3) is 0 Å². The molecule has 5 heteroatoms. The number of nitrogen functional groups attached to an aromatic ring is 1. The van der Waals surface area contributed by atoms with E-state index in [1.54, 1.807) is 12.3 Å². The second-order valence-electron chi connectivity index (χ2n) is 7.59. The Labute approximate surface area is 265 Å². The van der Waals surface area contributed by atoms with E-state index in [0.717, 1.165) is 43.9 Å². The predicted molar refractivity (Wildman–Crippen MR) is 194 cm³/mol. The minimum absolute atomic E-state index is 0.760. The summed E-state index contributed by atoms with van der Waals surface area (Å²) < 4.78 is 0. The molecule has 0 atom stereocenters. The van der Waals surface area contributed by atoms with Gasteiger partial charge in [-0.3, -0.25) is 9.97 Å². The molecule has 2 aromatic heterocycles. The summed E-state index contributed by atoms with van der Waals surface area (Å²) in [4.78, 5) is 8.50. The Balaban J connectivity index is 0.000000587. The fourth-order valence-corrected chi connectivity index (χ4v) is 3.61. The van der Waals surface area contributed by atoms with Gasteiger partial charge in [0, 0.05) is 40.2 Å². The van der Waals surface area contributed by atoms with Crippen molar-refractivity contribution in [2.24, 2.45) is 0 Å². The van der Waals surface area contributed by atoms with Gasteiger partial charge in [0.05, 0.1) is 16.1 Å². The molecule has 0 unspecified atom stereocenters. The van der Waals surface area contributed by atoms with Gasteiger partial charge >= 0.3 is 0 Å². The number of aromatic nitrogens is 2. The number of benzene rings is 4. The number of nitrogens with one attached hydrogen (secondary N) is 1. The molecule has 2 heterocycles. The minimum Gasteiger partial charge on any atom is -0.399 e. The van der Waals surface area contributed by atoms with Crippen LogP contribution in [0.5, 0.6) is 0 Å². The Morgan fingerprint density at radius 2 is 0.907 bits per heavy atom. The summed E-state index contributed by atoms with van der Waals surface area (Å²) in [7, 11) is 0. The lowest BCUT2D eigenvalue weighted by Gasteiger charge is -2.08. The number of halogens is 1. The lowest BCUT2D eigenvalue weighted by molar-refractivity contribution is 1.40. The number of hydrogen-bond acceptors (Lipinski definition) is 4. The van der Waals surface area contributed by atoms with Crippen LogP contribution in [0.2, 0.25) is 5.02 Å². The number of para-hydroxylation sites is 4. The van der Waals surface area contributed by atoms with E-state index in [1.165, 1.54) is 0 Å². The van der Waals surface area contributed by atoms with Crippen LogP contribution in [0, 0.1) is 0 Å². The highest BCUT2D eigenvalue weighted by Crippen LogP contribution is 2.24. The molecular formula is C38H49ClN4. The van der Waals surface area contributed by atoms with Crippen molar-refractivity contribution in [3.8, 4) is 0 Å². The van der Waals surface area contributed by atoms with E-state index in [2.05, 4.69) is 33.5 Å². The summed E-state index contributed by atoms with van der Waals surface area (Å²) in [5.74, 6) is 0. The van der Waals surface area contributed by atoms with Crippen LogP contribution in [0.15, 0.2) is 134 Å². The Morgan fingerprint density at radius 3 is 1.40 bits per heavy atom. The first-order chi connectivity index (χ1) is 21.2. The van der Waals surface area contributed by atoms with Crippen molar-refractivity contribution in [1.29, 1.82) is 0 Å². The van der Waals surface area contributed by atoms with Crippen LogP contribution in [0.25, 0.3) is 21.8 Å². The normalized spacial score (nSPS) is 8.67. The van der Waals surface area contributed by atoms with E-state index in [4.69, 9.17) is 17.3 Å². The molecular weight excluding hydrogens is 548 g/mol. The quantitative estimate of drug-likeness (QED) is 0.195. The van der Waals surface area contributed by atoms with Crippen LogP contribution in [0.4, 0.5) is 17.1 Å². The van der Waals surface area contributed by atoms with E-state index in [1.807, 2.05) is 159 Å². The van der Waals surface area contributed by atoms with Crippen LogP contribution < -0.4 is 11.1 Å². The molecule has 0 bridgehead atoms. The van der Waals surface area contributed by atoms with E-state index in [9.17, 15) is 0 Å². The molecule has 0 radical (unpaired) electrons. The molecule has 0 aliphatic rings. The molecule has 228 valence electrons. The maximum absolute atomic E-state index is 5.92. The van der Waals surface area contributed by atoms with Crippen molar-refractivity contribution in [3.63, 3.8) is 0 Å². The molecule has 0 aliphatic heterocycles. The zero-order valence-electron chi connectivity index (χ0n) is 27.1. The molecule has 0 saturated carbocycles. The van der Waals surface area contributed by atoms with Crippen LogP contribution in [0.3, 0.4) is 0 Å². The number of fused-ring (bicyclic) bond motifs is 2. The summed E-state index contributed by atoms with van der Waals surface area (Å²) in [6, 6.07) is 39.4. The summed E-state index contributed by atoms with van der Waals surface area (Å²) in [6.45, 7) is 16.0. The highest BCUT2D eigenvalue weighted by Gasteiger charge is 2.00. The molecule has 6 rings (SSSR count). The number of nitrogens with zero attached hydrogens (tertiary/aromatic N) is 2. The third-order valence-electron chi connectivity index (χ3n) is 5.10. The smallest absolute Gasteiger partial charge is 0.0722 e. The lowest BCUT2D eigenvalue weighted by atomic mass is 10.2. The molecule has 3 N–H and O–H groups in total. The first-order valence-electron chi connectivity index (χ1n) is 15.2. The third-order valence-corrected chi connectivity index (χ3v) is 5.43. The Kier molecular flexibility index (Phi) is 22.7. The molecule has 4 aromatic carbocycles. The molecule has 0 fully saturated rings. The van der Waals surface area contributed by atoms with Crippen molar-refractivity contribution in [2.45, 2.75) is 55.4 Å². The van der Waals surface area contributed by atoms with E-state index >= 15 is 0 Å². The first kappa shape index (κ1) is 38.6. The third kappa shape index (κ3) is 14.4. The van der Waals surface area contributed by atoms with Gasteiger partial charge in [-0.25, -0.2) is 0 Å². The zero-order chi connectivity index (χ0) is 32.3. The maximum Gasteiger partial charge on any atom is 0.0722 e. The number of hydrogen-bond donors (Lipinski definition) is 2. The highest BCUT2D eigenvalue weighted by molar-refractivity contribution is 6.35. The lowest BCUT2D eigenvalue weighted by Crippen LogP contribution is -1.91. The van der Waals surface area contributed by atoms with Crippen molar-refractivity contribution >= 4 is 50.5 Å². The predicted octanol–water partition coefficient (Wildman–Crippen LogP) is 12.2. The summed E-state index contributed by atoms with van der Waals surface area (Å²) in [5.41, 5.74) is 10.3. The molecule has 0 saturated heterocycles. The van der Waals surface area contributed by atoms with Crippen LogP contribution >= 0.6 is 11.6 Å². The number of anilines is 3. The fraction of sp³-hybridized carbons (Fsp3) is 0.211. The number of nitrogens with two attached hydrogens (primary N) is 1. The van der Waals surface area contributed by atoms with Crippen LogP contribution in [-0.2, 0) is 0 Å². The van der Waals surface area contributed by atoms with Crippen molar-refractivity contribution in [1.82, 2.24) is 9.97 Å². The zero-order valence-corrected chi connectivity index (χ0v) is 27.8. The van der Waals surface area contributed by atoms with E-state index in [-0.39, 0.29) is 0 Å². The van der Waals surface area contributed by atoms with Gasteiger partial charge in [-0.05, 0) is 48.5 Å². The van der Waals surface area contributed by atoms with Gasteiger partial charge in [0.15, 0.2) is 0 Å². The van der Waals surface area contributed by atoms with E-state index in [0.29, 0.717) is 0 Å². The largest absolute Gasteiger partial charge is 0.399 e.